The number of hydrogen-bond acceptors (Lipinski definition) is 4. The van der Waals surface area contributed by atoms with Gasteiger partial charge in [-0.2, -0.15) is 0 Å². The molecule has 6 heavy (non-hydrogen) atoms. The Labute approximate surface area is 32.6 Å². The lowest BCUT2D eigenvalue weighted by atomic mass is 13.3. The second-order valence-corrected chi connectivity index (χ2v) is 1.43. The van der Waals surface area contributed by atoms with E-state index in [1.54, 1.807) is 0 Å². The van der Waals surface area contributed by atoms with Gasteiger partial charge in [-0.05, 0) is 0 Å². The molecule has 6 heteroatoms. The molecule has 0 aliphatic heterocycles. The second-order valence-electron chi connectivity index (χ2n) is 0.625. The Kier molecular flexibility index (Phi) is 0.583. The van der Waals surface area contributed by atoms with Gasteiger partial charge in [0.25, 0.3) is 0 Å². The lowest BCUT2D eigenvalue weighted by Gasteiger charge is -1.66. The van der Waals surface area contributed by atoms with Crippen LogP contribution < -0.4 is 4.77 Å². The topological polar surface area (TPSA) is 69.5 Å². The van der Waals surface area contributed by atoms with E-state index in [0.29, 0.717) is 0 Å². The maximum atomic E-state index is 9.44. The molecule has 0 saturated heterocycles. The van der Waals surface area contributed by atoms with Crippen LogP contribution >= 0.6 is 8.24 Å². The summed E-state index contributed by atoms with van der Waals surface area (Å²) < 4.78 is 7.48. The lowest BCUT2D eigenvalue weighted by molar-refractivity contribution is -0.872. The minimum absolute atomic E-state index is 0.147. The van der Waals surface area contributed by atoms with E-state index in [0.717, 1.165) is 0 Å². The van der Waals surface area contributed by atoms with E-state index >= 15 is 0 Å². The van der Waals surface area contributed by atoms with E-state index < -0.39 is 8.24 Å². The van der Waals surface area contributed by atoms with Crippen LogP contribution in [-0.2, 0) is 0 Å². The zero-order valence-electron chi connectivity index (χ0n) is 2.57. The fourth-order valence-corrected chi connectivity index (χ4v) is 0.361. The molecular formula is HNO4P+. The van der Waals surface area contributed by atoms with Crippen molar-refractivity contribution in [3.8, 4) is 0 Å². The SMILES string of the molecule is O=[n+]1op(O)o1. The monoisotopic (exact) mass is 110 g/mol. The Hall–Kier alpha value is -0.540. The molecule has 34 valence electrons. The maximum Gasteiger partial charge on any atom is 0.541 e. The van der Waals surface area contributed by atoms with Gasteiger partial charge in [0.2, 0.25) is 0 Å². The largest absolute Gasteiger partial charge is 0.541 e. The molecule has 0 aliphatic rings. The molecular weight excluding hydrogens is 109 g/mol. The summed E-state index contributed by atoms with van der Waals surface area (Å²) in [6.07, 6.45) is 0. The van der Waals surface area contributed by atoms with Crippen molar-refractivity contribution in [2.45, 2.75) is 0 Å². The molecule has 0 bridgehead atoms. The van der Waals surface area contributed by atoms with E-state index in [2.05, 4.69) is 8.61 Å². The molecule has 1 heterocycles. The van der Waals surface area contributed by atoms with E-state index in [1.807, 2.05) is 0 Å². The van der Waals surface area contributed by atoms with Gasteiger partial charge in [-0.3, -0.25) is 4.89 Å². The molecule has 0 spiro atoms. The summed E-state index contributed by atoms with van der Waals surface area (Å²) in [5.74, 6) is 0. The van der Waals surface area contributed by atoms with E-state index in [4.69, 9.17) is 4.89 Å². The minimum atomic E-state index is -1.84. The number of nitrogens with zero attached hydrogens (tertiary/aromatic N) is 1. The van der Waals surface area contributed by atoms with Crippen molar-refractivity contribution in [1.82, 2.24) is 0 Å². The van der Waals surface area contributed by atoms with Gasteiger partial charge in [-0.1, -0.05) is 8.61 Å². The van der Waals surface area contributed by atoms with Crippen LogP contribution in [0.5, 0.6) is 0 Å². The van der Waals surface area contributed by atoms with Crippen LogP contribution in [0.4, 0.5) is 0 Å². The molecule has 0 fully saturated rings. The van der Waals surface area contributed by atoms with Crippen LogP contribution in [0.15, 0.2) is 8.61 Å². The summed E-state index contributed by atoms with van der Waals surface area (Å²) in [5.41, 5.74) is 0. The maximum absolute atomic E-state index is 9.44. The number of aromatic nitrogens is 1. The molecule has 0 unspecified atom stereocenters. The first kappa shape index (κ1) is 3.64. The summed E-state index contributed by atoms with van der Waals surface area (Å²) in [6.45, 7) is 0. The Morgan fingerprint density at radius 1 is 1.67 bits per heavy atom. The van der Waals surface area contributed by atoms with Crippen molar-refractivity contribution in [2.24, 2.45) is 0 Å². The van der Waals surface area contributed by atoms with Gasteiger partial charge < -0.3 is 0 Å². The third-order valence-corrected chi connectivity index (χ3v) is 0.819. The summed E-state index contributed by atoms with van der Waals surface area (Å²) in [5, 5.41) is 0. The van der Waals surface area contributed by atoms with Crippen LogP contribution in [0.25, 0.3) is 0 Å². The Bertz CT molecular complexity index is 151. The third kappa shape index (κ3) is 0.376. The molecule has 0 radical (unpaired) electrons. The summed E-state index contributed by atoms with van der Waals surface area (Å²) >= 11 is 0. The van der Waals surface area contributed by atoms with E-state index in [1.165, 1.54) is 0 Å². The third-order valence-electron chi connectivity index (χ3n) is 0.273. The second kappa shape index (κ2) is 0.959. The summed E-state index contributed by atoms with van der Waals surface area (Å²) in [6, 6.07) is 0. The standard InChI is InChI=1S/HNO4P/c2-1-4-6(3)5-1/h3H/q+1. The first-order chi connectivity index (χ1) is 2.79. The molecule has 0 aliphatic carbocycles. The average molecular weight is 110 g/mol. The smallest absolute Gasteiger partial charge is 0.283 e. The first-order valence-electron chi connectivity index (χ1n) is 1.11. The molecule has 1 N–H and O–H groups in total. The lowest BCUT2D eigenvalue weighted by Crippen LogP contribution is -2.12. The summed E-state index contributed by atoms with van der Waals surface area (Å²) in [7, 11) is -1.84. The van der Waals surface area contributed by atoms with Crippen LogP contribution in [0.1, 0.15) is 0 Å². The average Bonchev–Trinajstić information content (AvgIpc) is 1.33. The summed E-state index contributed by atoms with van der Waals surface area (Å²) in [4.78, 5) is 17.4. The van der Waals surface area contributed by atoms with Gasteiger partial charge in [-0.15, -0.1) is 0 Å². The Balaban J connectivity index is 3.06. The predicted molar refractivity (Wildman–Crippen MR) is 14.7 cm³/mol. The van der Waals surface area contributed by atoms with Crippen LogP contribution in [-0.4, -0.2) is 4.89 Å². The first-order valence-corrected chi connectivity index (χ1v) is 2.24. The molecule has 1 aromatic rings. The predicted octanol–water partition coefficient (Wildman–Crippen LogP) is -0.471. The fraction of sp³-hybridized carbons (Fsp3) is 0. The highest BCUT2D eigenvalue weighted by Crippen LogP contribution is 2.14. The molecule has 0 atom stereocenters. The van der Waals surface area contributed by atoms with Gasteiger partial charge in [0.15, 0.2) is 0 Å². The highest BCUT2D eigenvalue weighted by Gasteiger charge is 2.10. The van der Waals surface area contributed by atoms with Gasteiger partial charge in [0.1, 0.15) is 4.91 Å². The highest BCUT2D eigenvalue weighted by molar-refractivity contribution is 7.30. The van der Waals surface area contributed by atoms with Crippen molar-refractivity contribution in [1.29, 1.82) is 0 Å². The normalized spacial score (nSPS) is 9.50. The number of hydrogen-bond donors (Lipinski definition) is 1. The highest BCUT2D eigenvalue weighted by atomic mass is 31.1. The van der Waals surface area contributed by atoms with Crippen molar-refractivity contribution in [3.63, 3.8) is 0 Å². The zero-order chi connectivity index (χ0) is 4.57. The molecule has 0 aromatic carbocycles. The molecule has 0 amide bonds. The van der Waals surface area contributed by atoms with Gasteiger partial charge in [-0.25, -0.2) is 0 Å². The molecule has 1 aromatic heterocycles. The Morgan fingerprint density at radius 3 is 2.17 bits per heavy atom. The van der Waals surface area contributed by atoms with Gasteiger partial charge >= 0.3 is 13.0 Å². The van der Waals surface area contributed by atoms with Crippen molar-refractivity contribution < 1.29 is 18.3 Å². The van der Waals surface area contributed by atoms with Crippen LogP contribution in [0.3, 0.4) is 0 Å². The Morgan fingerprint density at radius 2 is 2.17 bits per heavy atom. The fourth-order valence-electron chi connectivity index (χ4n) is 0.120. The quantitative estimate of drug-likeness (QED) is 0.490. The number of rotatable bonds is 0. The van der Waals surface area contributed by atoms with Gasteiger partial charge in [0, 0.05) is 0 Å². The van der Waals surface area contributed by atoms with E-state index in [9.17, 15) is 4.91 Å². The molecule has 5 nitrogen and oxygen atoms in total. The van der Waals surface area contributed by atoms with E-state index in [-0.39, 0.29) is 4.77 Å². The minimum Gasteiger partial charge on any atom is -0.283 e. The molecule has 1 rings (SSSR count). The van der Waals surface area contributed by atoms with Crippen LogP contribution in [0.2, 0.25) is 0 Å². The van der Waals surface area contributed by atoms with Gasteiger partial charge in [0.05, 0.1) is 0 Å². The molecule has 0 saturated carbocycles. The van der Waals surface area contributed by atoms with Crippen molar-refractivity contribution in [2.75, 3.05) is 0 Å². The zero-order valence-corrected chi connectivity index (χ0v) is 3.46. The van der Waals surface area contributed by atoms with Crippen molar-refractivity contribution >= 4 is 8.24 Å². The van der Waals surface area contributed by atoms with Crippen molar-refractivity contribution in [3.05, 3.63) is 4.91 Å². The van der Waals surface area contributed by atoms with Crippen LogP contribution in [0, 0.1) is 4.91 Å².